The van der Waals surface area contributed by atoms with Gasteiger partial charge in [-0.05, 0) is 30.4 Å². The van der Waals surface area contributed by atoms with E-state index in [1.807, 2.05) is 12.1 Å². The summed E-state index contributed by atoms with van der Waals surface area (Å²) in [6, 6.07) is 5.66. The highest BCUT2D eigenvalue weighted by Gasteiger charge is 2.26. The van der Waals surface area contributed by atoms with Gasteiger partial charge in [0.1, 0.15) is 0 Å². The third-order valence-electron chi connectivity index (χ3n) is 3.66. The molecule has 3 heteroatoms. The Labute approximate surface area is 108 Å². The van der Waals surface area contributed by atoms with Crippen LogP contribution in [0.4, 0.5) is 5.69 Å². The quantitative estimate of drug-likeness (QED) is 0.765. The van der Waals surface area contributed by atoms with E-state index in [0.29, 0.717) is 22.4 Å². The molecule has 1 aliphatic heterocycles. The Hall–Kier alpha value is -1.02. The Bertz CT molecular complexity index is 417. The van der Waals surface area contributed by atoms with Crippen LogP contribution < -0.4 is 4.90 Å². The Morgan fingerprint density at radius 3 is 2.82 bits per heavy atom. The van der Waals surface area contributed by atoms with E-state index >= 15 is 0 Å². The van der Waals surface area contributed by atoms with Crippen LogP contribution in [0, 0.1) is 11.8 Å². The van der Waals surface area contributed by atoms with Gasteiger partial charge in [-0.15, -0.1) is 0 Å². The van der Waals surface area contributed by atoms with E-state index < -0.39 is 0 Å². The van der Waals surface area contributed by atoms with E-state index in [2.05, 4.69) is 18.7 Å². The van der Waals surface area contributed by atoms with Crippen LogP contribution in [0.2, 0.25) is 5.02 Å². The van der Waals surface area contributed by atoms with Gasteiger partial charge in [0.25, 0.3) is 0 Å². The number of carbonyl (C=O) groups is 1. The van der Waals surface area contributed by atoms with Crippen LogP contribution in [0.1, 0.15) is 30.6 Å². The molecule has 1 aliphatic rings. The second-order valence-electron chi connectivity index (χ2n) is 5.03. The molecule has 2 nitrogen and oxygen atoms in total. The van der Waals surface area contributed by atoms with E-state index in [-0.39, 0.29) is 0 Å². The molecule has 1 heterocycles. The predicted molar refractivity (Wildman–Crippen MR) is 72.0 cm³/mol. The van der Waals surface area contributed by atoms with E-state index in [1.54, 1.807) is 6.07 Å². The van der Waals surface area contributed by atoms with Crippen molar-refractivity contribution >= 4 is 23.6 Å². The zero-order valence-corrected chi connectivity index (χ0v) is 11.1. The SMILES string of the molecule is CC(C)C1CCN(c2cccc(Cl)c2C=O)C1. The molecule has 17 heavy (non-hydrogen) atoms. The fourth-order valence-corrected chi connectivity index (χ4v) is 2.68. The fraction of sp³-hybridized carbons (Fsp3) is 0.500. The molecule has 1 atom stereocenters. The molecular formula is C14H18ClNO. The molecule has 0 bridgehead atoms. The molecule has 0 saturated carbocycles. The topological polar surface area (TPSA) is 20.3 Å². The van der Waals surface area contributed by atoms with Crippen LogP contribution in [0.25, 0.3) is 0 Å². The number of nitrogens with zero attached hydrogens (tertiary/aromatic N) is 1. The monoisotopic (exact) mass is 251 g/mol. The molecular weight excluding hydrogens is 234 g/mol. The predicted octanol–water partition coefficient (Wildman–Crippen LogP) is 3.63. The second kappa shape index (κ2) is 5.09. The lowest BCUT2D eigenvalue weighted by atomic mass is 9.95. The first-order valence-electron chi connectivity index (χ1n) is 6.12. The number of halogens is 1. The van der Waals surface area contributed by atoms with Crippen molar-refractivity contribution in [1.82, 2.24) is 0 Å². The summed E-state index contributed by atoms with van der Waals surface area (Å²) in [5, 5.41) is 0.547. The summed E-state index contributed by atoms with van der Waals surface area (Å²) < 4.78 is 0. The molecule has 1 aromatic rings. The smallest absolute Gasteiger partial charge is 0.153 e. The summed E-state index contributed by atoms with van der Waals surface area (Å²) in [7, 11) is 0. The van der Waals surface area contributed by atoms with Crippen molar-refractivity contribution in [3.63, 3.8) is 0 Å². The summed E-state index contributed by atoms with van der Waals surface area (Å²) in [5.74, 6) is 1.41. The van der Waals surface area contributed by atoms with Gasteiger partial charge < -0.3 is 4.90 Å². The molecule has 0 N–H and O–H groups in total. The molecule has 92 valence electrons. The first-order valence-corrected chi connectivity index (χ1v) is 6.50. The minimum Gasteiger partial charge on any atom is -0.371 e. The maximum atomic E-state index is 11.1. The Morgan fingerprint density at radius 1 is 1.47 bits per heavy atom. The van der Waals surface area contributed by atoms with Crippen LogP contribution in [0.3, 0.4) is 0 Å². The number of hydrogen-bond donors (Lipinski definition) is 0. The molecule has 0 spiro atoms. The molecule has 0 amide bonds. The van der Waals surface area contributed by atoms with Gasteiger partial charge in [0.05, 0.1) is 10.6 Å². The van der Waals surface area contributed by atoms with E-state index in [4.69, 9.17) is 11.6 Å². The van der Waals surface area contributed by atoms with Gasteiger partial charge >= 0.3 is 0 Å². The third kappa shape index (κ3) is 2.47. The molecule has 0 aromatic heterocycles. The zero-order valence-electron chi connectivity index (χ0n) is 10.3. The van der Waals surface area contributed by atoms with Crippen molar-refractivity contribution in [3.05, 3.63) is 28.8 Å². The van der Waals surface area contributed by atoms with Gasteiger partial charge in [0.15, 0.2) is 6.29 Å². The maximum Gasteiger partial charge on any atom is 0.153 e. The average molecular weight is 252 g/mol. The first-order chi connectivity index (χ1) is 8.13. The van der Waals surface area contributed by atoms with Crippen molar-refractivity contribution in [3.8, 4) is 0 Å². The molecule has 1 saturated heterocycles. The average Bonchev–Trinajstić information content (AvgIpc) is 2.77. The van der Waals surface area contributed by atoms with Crippen molar-refractivity contribution in [2.75, 3.05) is 18.0 Å². The molecule has 1 fully saturated rings. The highest BCUT2D eigenvalue weighted by Crippen LogP contribution is 2.32. The Balaban J connectivity index is 2.24. The van der Waals surface area contributed by atoms with Gasteiger partial charge in [-0.2, -0.15) is 0 Å². The lowest BCUT2D eigenvalue weighted by molar-refractivity contribution is 0.112. The summed E-state index contributed by atoms with van der Waals surface area (Å²) in [6.07, 6.45) is 2.06. The van der Waals surface area contributed by atoms with Gasteiger partial charge in [-0.1, -0.05) is 31.5 Å². The standard InChI is InChI=1S/C14H18ClNO/c1-10(2)11-6-7-16(8-11)14-5-3-4-13(15)12(14)9-17/h3-5,9-11H,6-8H2,1-2H3. The Kier molecular flexibility index (Phi) is 3.72. The largest absolute Gasteiger partial charge is 0.371 e. The number of anilines is 1. The normalized spacial score (nSPS) is 20.0. The van der Waals surface area contributed by atoms with Crippen LogP contribution >= 0.6 is 11.6 Å². The minimum atomic E-state index is 0.547. The molecule has 0 radical (unpaired) electrons. The van der Waals surface area contributed by atoms with Crippen molar-refractivity contribution < 1.29 is 4.79 Å². The van der Waals surface area contributed by atoms with Crippen LogP contribution in [0.15, 0.2) is 18.2 Å². The van der Waals surface area contributed by atoms with Gasteiger partial charge in [-0.3, -0.25) is 4.79 Å². The fourth-order valence-electron chi connectivity index (χ4n) is 2.47. The highest BCUT2D eigenvalue weighted by molar-refractivity contribution is 6.33. The van der Waals surface area contributed by atoms with Crippen LogP contribution in [-0.2, 0) is 0 Å². The molecule has 1 aromatic carbocycles. The number of hydrogen-bond acceptors (Lipinski definition) is 2. The zero-order chi connectivity index (χ0) is 12.4. The van der Waals surface area contributed by atoms with Crippen LogP contribution in [0.5, 0.6) is 0 Å². The lowest BCUT2D eigenvalue weighted by Crippen LogP contribution is -2.22. The van der Waals surface area contributed by atoms with Gasteiger partial charge in [0, 0.05) is 18.8 Å². The summed E-state index contributed by atoms with van der Waals surface area (Å²) in [4.78, 5) is 13.4. The third-order valence-corrected chi connectivity index (χ3v) is 3.99. The molecule has 1 unspecified atom stereocenters. The highest BCUT2D eigenvalue weighted by atomic mass is 35.5. The van der Waals surface area contributed by atoms with E-state index in [9.17, 15) is 4.79 Å². The maximum absolute atomic E-state index is 11.1. The second-order valence-corrected chi connectivity index (χ2v) is 5.44. The Morgan fingerprint density at radius 2 is 2.24 bits per heavy atom. The minimum absolute atomic E-state index is 0.547. The van der Waals surface area contributed by atoms with E-state index in [0.717, 1.165) is 25.1 Å². The van der Waals surface area contributed by atoms with E-state index in [1.165, 1.54) is 6.42 Å². The van der Waals surface area contributed by atoms with Gasteiger partial charge in [0.2, 0.25) is 0 Å². The number of carbonyl (C=O) groups excluding carboxylic acids is 1. The molecule has 2 rings (SSSR count). The molecule has 0 aliphatic carbocycles. The van der Waals surface area contributed by atoms with Crippen molar-refractivity contribution in [2.45, 2.75) is 20.3 Å². The lowest BCUT2D eigenvalue weighted by Gasteiger charge is -2.22. The summed E-state index contributed by atoms with van der Waals surface area (Å²) >= 11 is 6.05. The first kappa shape index (κ1) is 12.4. The van der Waals surface area contributed by atoms with Gasteiger partial charge in [-0.25, -0.2) is 0 Å². The number of rotatable bonds is 3. The van der Waals surface area contributed by atoms with Crippen molar-refractivity contribution in [2.24, 2.45) is 11.8 Å². The number of benzene rings is 1. The number of aldehydes is 1. The van der Waals surface area contributed by atoms with Crippen LogP contribution in [-0.4, -0.2) is 19.4 Å². The van der Waals surface area contributed by atoms with Crippen molar-refractivity contribution in [1.29, 1.82) is 0 Å². The summed E-state index contributed by atoms with van der Waals surface area (Å²) in [5.41, 5.74) is 1.61. The summed E-state index contributed by atoms with van der Waals surface area (Å²) in [6.45, 7) is 6.56.